The van der Waals surface area contributed by atoms with E-state index >= 15 is 0 Å². The first-order valence-electron chi connectivity index (χ1n) is 12.5. The molecule has 1 aliphatic heterocycles. The number of benzene rings is 2. The van der Waals surface area contributed by atoms with Gasteiger partial charge in [0.15, 0.2) is 17.9 Å². The highest BCUT2D eigenvalue weighted by Crippen LogP contribution is 2.42. The van der Waals surface area contributed by atoms with E-state index in [0.717, 1.165) is 50.4 Å². The van der Waals surface area contributed by atoms with Crippen molar-refractivity contribution in [1.82, 2.24) is 0 Å². The number of ether oxygens (including phenoxy) is 3. The van der Waals surface area contributed by atoms with Crippen LogP contribution in [0.2, 0.25) is 0 Å². The van der Waals surface area contributed by atoms with Crippen LogP contribution in [0.3, 0.4) is 0 Å². The lowest BCUT2D eigenvalue weighted by molar-refractivity contribution is -0.238. The van der Waals surface area contributed by atoms with Gasteiger partial charge in [-0.15, -0.1) is 0 Å². The van der Waals surface area contributed by atoms with Gasteiger partial charge in [-0.1, -0.05) is 31.4 Å². The Kier molecular flexibility index (Phi) is 7.40. The molecule has 4 nitrogen and oxygen atoms in total. The number of rotatable bonds is 7. The second kappa shape index (κ2) is 10.5. The van der Waals surface area contributed by atoms with E-state index < -0.39 is 34.8 Å². The monoisotopic (exact) mass is 512 g/mol. The molecule has 0 N–H and O–H groups in total. The quantitative estimate of drug-likeness (QED) is 0.362. The van der Waals surface area contributed by atoms with Gasteiger partial charge in [0.25, 0.3) is 0 Å². The van der Waals surface area contributed by atoms with E-state index in [4.69, 9.17) is 9.47 Å². The molecule has 5 rings (SSSR count). The van der Waals surface area contributed by atoms with Crippen molar-refractivity contribution in [3.8, 4) is 11.5 Å². The Bertz CT molecular complexity index is 1000. The molecular weight excluding hydrogens is 483 g/mol. The van der Waals surface area contributed by atoms with Crippen molar-refractivity contribution in [2.75, 3.05) is 13.2 Å². The molecule has 0 aromatic heterocycles. The molecule has 0 amide bonds. The highest BCUT2D eigenvalue weighted by atomic mass is 19.3. The van der Waals surface area contributed by atoms with Gasteiger partial charge in [-0.2, -0.15) is 8.78 Å². The summed E-state index contributed by atoms with van der Waals surface area (Å²) in [7, 11) is 0. The molecule has 2 aliphatic carbocycles. The van der Waals surface area contributed by atoms with Gasteiger partial charge in [0, 0.05) is 28.5 Å². The molecular formula is C27H29F5O4. The van der Waals surface area contributed by atoms with Gasteiger partial charge in [0.2, 0.25) is 5.75 Å². The third-order valence-corrected chi connectivity index (χ3v) is 7.94. The smallest absolute Gasteiger partial charge is 0.426 e. The van der Waals surface area contributed by atoms with Crippen LogP contribution in [0.4, 0.5) is 22.1 Å². The van der Waals surface area contributed by atoms with Crippen molar-refractivity contribution >= 4 is 0 Å². The Morgan fingerprint density at radius 3 is 1.92 bits per heavy atom. The third kappa shape index (κ3) is 5.32. The molecule has 0 spiro atoms. The molecule has 3 fully saturated rings. The van der Waals surface area contributed by atoms with Crippen molar-refractivity contribution in [2.24, 2.45) is 17.8 Å². The Hall–Kier alpha value is -2.39. The fourth-order valence-corrected chi connectivity index (χ4v) is 5.54. The highest BCUT2D eigenvalue weighted by Gasteiger charge is 2.38. The lowest BCUT2D eigenvalue weighted by Crippen LogP contribution is -2.42. The van der Waals surface area contributed by atoms with E-state index in [0.29, 0.717) is 24.0 Å². The maximum atomic E-state index is 14.6. The minimum atomic E-state index is -3.85. The van der Waals surface area contributed by atoms with E-state index in [9.17, 15) is 22.1 Å². The molecule has 2 saturated carbocycles. The predicted octanol–water partition coefficient (Wildman–Crippen LogP) is 7.42. The Morgan fingerprint density at radius 2 is 1.39 bits per heavy atom. The van der Waals surface area contributed by atoms with Gasteiger partial charge in [0.1, 0.15) is 5.75 Å². The van der Waals surface area contributed by atoms with Gasteiger partial charge >= 0.3 is 6.11 Å². The number of halogens is 5. The first-order chi connectivity index (χ1) is 17.3. The van der Waals surface area contributed by atoms with Gasteiger partial charge in [0.05, 0.1) is 18.8 Å². The second-order valence-corrected chi connectivity index (χ2v) is 10.1. The number of alkyl halides is 2. The standard InChI is InChI=1S/C27H29F5O4/c28-23-12-22(13-24(29)25(23)36-32)35-27(30,31)21-10-8-18(9-11-21)17-4-6-19(7-5-17)26-33-14-20(15-34-26)16-2-1-3-16/h8-13,16-17,19-20,26H,1-7,14-15H2. The second-order valence-electron chi connectivity index (χ2n) is 10.1. The van der Waals surface area contributed by atoms with E-state index in [2.05, 4.69) is 9.68 Å². The van der Waals surface area contributed by atoms with Crippen molar-refractivity contribution < 1.29 is 41.2 Å². The molecule has 36 heavy (non-hydrogen) atoms. The highest BCUT2D eigenvalue weighted by molar-refractivity contribution is 5.35. The van der Waals surface area contributed by atoms with Gasteiger partial charge < -0.3 is 14.2 Å². The SMILES string of the molecule is FOc1c(F)cc(OC(F)(F)c2ccc(C3CCC(C4OCC(C5CCC5)CO4)CC3)cc2)cc1F. The molecule has 2 aromatic rings. The molecule has 0 unspecified atom stereocenters. The Labute approximate surface area is 206 Å². The van der Waals surface area contributed by atoms with E-state index in [-0.39, 0.29) is 12.2 Å². The van der Waals surface area contributed by atoms with Crippen molar-refractivity contribution in [1.29, 1.82) is 0 Å². The summed E-state index contributed by atoms with van der Waals surface area (Å²) in [4.78, 5) is 3.07. The van der Waals surface area contributed by atoms with Crippen LogP contribution < -0.4 is 9.68 Å². The Morgan fingerprint density at radius 1 is 0.778 bits per heavy atom. The van der Waals surface area contributed by atoms with E-state index in [1.54, 1.807) is 12.1 Å². The summed E-state index contributed by atoms with van der Waals surface area (Å²) in [6, 6.07) is 6.64. The van der Waals surface area contributed by atoms with Crippen LogP contribution in [0.1, 0.15) is 62.0 Å². The molecule has 0 bridgehead atoms. The number of hydrogen-bond donors (Lipinski definition) is 0. The minimum Gasteiger partial charge on any atom is -0.429 e. The molecule has 1 heterocycles. The Balaban J connectivity index is 1.15. The molecule has 0 atom stereocenters. The van der Waals surface area contributed by atoms with Crippen molar-refractivity contribution in [2.45, 2.75) is 63.3 Å². The summed E-state index contributed by atoms with van der Waals surface area (Å²) in [5.74, 6) is -3.22. The van der Waals surface area contributed by atoms with Crippen LogP contribution in [0.15, 0.2) is 36.4 Å². The van der Waals surface area contributed by atoms with E-state index in [1.165, 1.54) is 31.4 Å². The van der Waals surface area contributed by atoms with Crippen LogP contribution in [-0.4, -0.2) is 19.5 Å². The first kappa shape index (κ1) is 25.3. The van der Waals surface area contributed by atoms with Gasteiger partial charge in [-0.05, 0) is 55.2 Å². The zero-order chi connectivity index (χ0) is 25.3. The molecule has 1 saturated heterocycles. The van der Waals surface area contributed by atoms with E-state index in [1.807, 2.05) is 0 Å². The summed E-state index contributed by atoms with van der Waals surface area (Å²) >= 11 is 0. The number of hydrogen-bond acceptors (Lipinski definition) is 4. The zero-order valence-corrected chi connectivity index (χ0v) is 19.7. The lowest BCUT2D eigenvalue weighted by Gasteiger charge is -2.41. The van der Waals surface area contributed by atoms with Crippen LogP contribution in [-0.2, 0) is 15.6 Å². The first-order valence-corrected chi connectivity index (χ1v) is 12.5. The summed E-state index contributed by atoms with van der Waals surface area (Å²) in [5.41, 5.74) is 0.488. The average molecular weight is 513 g/mol. The average Bonchev–Trinajstić information content (AvgIpc) is 2.83. The molecule has 0 radical (unpaired) electrons. The van der Waals surface area contributed by atoms with Crippen LogP contribution in [0, 0.1) is 29.4 Å². The third-order valence-electron chi connectivity index (χ3n) is 7.94. The van der Waals surface area contributed by atoms with Crippen LogP contribution in [0.25, 0.3) is 0 Å². The minimum absolute atomic E-state index is 0.152. The fourth-order valence-electron chi connectivity index (χ4n) is 5.54. The largest absolute Gasteiger partial charge is 0.429 e. The summed E-state index contributed by atoms with van der Waals surface area (Å²) < 4.78 is 85.3. The normalized spacial score (nSPS) is 27.4. The maximum absolute atomic E-state index is 14.6. The molecule has 9 heteroatoms. The zero-order valence-electron chi connectivity index (χ0n) is 19.7. The summed E-state index contributed by atoms with van der Waals surface area (Å²) in [6.45, 7) is 1.56. The van der Waals surface area contributed by atoms with Crippen molar-refractivity contribution in [3.63, 3.8) is 0 Å². The van der Waals surface area contributed by atoms with Gasteiger partial charge in [-0.3, -0.25) is 4.94 Å². The molecule has 2 aromatic carbocycles. The van der Waals surface area contributed by atoms with Gasteiger partial charge in [-0.25, -0.2) is 8.78 Å². The topological polar surface area (TPSA) is 36.9 Å². The summed E-state index contributed by atoms with van der Waals surface area (Å²) in [5, 5.41) is 0. The van der Waals surface area contributed by atoms with Crippen LogP contribution >= 0.6 is 0 Å². The fraction of sp³-hybridized carbons (Fsp3) is 0.556. The summed E-state index contributed by atoms with van der Waals surface area (Å²) in [6.07, 6.45) is 3.59. The predicted molar refractivity (Wildman–Crippen MR) is 120 cm³/mol. The molecule has 196 valence electrons. The van der Waals surface area contributed by atoms with Crippen molar-refractivity contribution in [3.05, 3.63) is 59.2 Å². The maximum Gasteiger partial charge on any atom is 0.426 e. The molecule has 3 aliphatic rings. The van der Waals surface area contributed by atoms with Crippen LogP contribution in [0.5, 0.6) is 11.5 Å². The lowest BCUT2D eigenvalue weighted by atomic mass is 9.75.